The summed E-state index contributed by atoms with van der Waals surface area (Å²) in [6, 6.07) is 33.1. The molecule has 5 nitrogen and oxygen atoms in total. The number of aryl methyl sites for hydroxylation is 1. The van der Waals surface area contributed by atoms with Crippen molar-refractivity contribution < 1.29 is 14.0 Å². The Hall–Kier alpha value is -3.81. The van der Waals surface area contributed by atoms with Crippen molar-refractivity contribution >= 4 is 47.5 Å². The van der Waals surface area contributed by atoms with Crippen LogP contribution in [0, 0.1) is 0 Å². The minimum atomic E-state index is -3.03. The number of nitrogens with zero attached hydrogens (tertiary/aromatic N) is 2. The van der Waals surface area contributed by atoms with Gasteiger partial charge in [0.2, 0.25) is 0 Å². The van der Waals surface area contributed by atoms with E-state index in [1.165, 1.54) is 0 Å². The fourth-order valence-corrected chi connectivity index (χ4v) is 10.8. The second kappa shape index (κ2) is 12.0. The lowest BCUT2D eigenvalue weighted by atomic mass is 10.1. The van der Waals surface area contributed by atoms with Gasteiger partial charge in [-0.3, -0.25) is 0 Å². The van der Waals surface area contributed by atoms with Crippen molar-refractivity contribution in [3.05, 3.63) is 115 Å². The Morgan fingerprint density at radius 2 is 1.46 bits per heavy atom. The third-order valence-electron chi connectivity index (χ3n) is 7.37. The van der Waals surface area contributed by atoms with E-state index in [1.807, 2.05) is 54.9 Å². The van der Waals surface area contributed by atoms with E-state index in [0.29, 0.717) is 17.1 Å². The predicted octanol–water partition coefficient (Wildman–Crippen LogP) is 6.98. The Morgan fingerprint density at radius 3 is 2.00 bits per heavy atom. The number of aromatic nitrogens is 2. The Labute approximate surface area is 247 Å². The number of imidazole rings is 1. The van der Waals surface area contributed by atoms with E-state index >= 15 is 0 Å². The van der Waals surface area contributed by atoms with Gasteiger partial charge < -0.3 is 13.7 Å². The third-order valence-corrected chi connectivity index (χ3v) is 13.3. The number of carbonyl (C=O) groups is 1. The fraction of sp³-hybridized carbons (Fsp3) is 0.235. The van der Waals surface area contributed by atoms with Gasteiger partial charge in [-0.1, -0.05) is 99.6 Å². The molecule has 0 aliphatic rings. The first-order valence-electron chi connectivity index (χ1n) is 13.9. The van der Waals surface area contributed by atoms with Crippen molar-refractivity contribution in [3.63, 3.8) is 0 Å². The zero-order valence-electron chi connectivity index (χ0n) is 24.3. The molecule has 0 aliphatic heterocycles. The maximum absolute atomic E-state index is 13.8. The summed E-state index contributed by atoms with van der Waals surface area (Å²) >= 11 is 1.67. The van der Waals surface area contributed by atoms with Crippen LogP contribution in [-0.2, 0) is 17.5 Å². The lowest BCUT2D eigenvalue weighted by Gasteiger charge is -2.43. The third kappa shape index (κ3) is 5.56. The van der Waals surface area contributed by atoms with Gasteiger partial charge in [-0.05, 0) is 34.5 Å². The van der Waals surface area contributed by atoms with E-state index in [9.17, 15) is 4.79 Å². The molecule has 0 spiro atoms. The Balaban J connectivity index is 1.79. The molecule has 4 aromatic carbocycles. The smallest absolute Gasteiger partial charge is 0.342 e. The van der Waals surface area contributed by atoms with Crippen LogP contribution in [0.2, 0.25) is 5.04 Å². The van der Waals surface area contributed by atoms with E-state index in [1.54, 1.807) is 18.1 Å². The summed E-state index contributed by atoms with van der Waals surface area (Å²) in [6.45, 7) is 8.80. The van der Waals surface area contributed by atoms with Crippen molar-refractivity contribution in [1.82, 2.24) is 9.55 Å². The molecular formula is C34H36N2O3SSi. The molecule has 5 aromatic rings. The maximum Gasteiger partial charge on any atom is 0.342 e. The van der Waals surface area contributed by atoms with Crippen molar-refractivity contribution in [2.45, 2.75) is 43.4 Å². The van der Waals surface area contributed by atoms with E-state index in [-0.39, 0.29) is 11.6 Å². The van der Waals surface area contributed by atoms with Crippen LogP contribution in [0.15, 0.2) is 108 Å². The van der Waals surface area contributed by atoms with Crippen LogP contribution >= 0.6 is 11.8 Å². The highest BCUT2D eigenvalue weighted by molar-refractivity contribution is 7.98. The zero-order chi connectivity index (χ0) is 29.0. The summed E-state index contributed by atoms with van der Waals surface area (Å²) in [7, 11) is -1.06. The molecule has 0 saturated heterocycles. The summed E-state index contributed by atoms with van der Waals surface area (Å²) in [5.41, 5.74) is 2.97. The number of hydrogen-bond acceptors (Lipinski definition) is 5. The van der Waals surface area contributed by atoms with Crippen molar-refractivity contribution in [2.75, 3.05) is 6.61 Å². The standard InChI is InChI=1S/C34H36N2O3SSi/c1-6-38-33(37)31-28(23-40-25-16-10-7-11-17-25)32-29(36(5)24-35-32)22-30(31)39-41(34(2,3)4,26-18-12-8-13-19-26)27-20-14-9-15-21-27/h7-22,24H,6,23H2,1-5H3. The molecule has 5 rings (SSSR count). The van der Waals surface area contributed by atoms with E-state index in [2.05, 4.69) is 81.4 Å². The van der Waals surface area contributed by atoms with E-state index in [4.69, 9.17) is 14.1 Å². The predicted molar refractivity (Wildman–Crippen MR) is 171 cm³/mol. The van der Waals surface area contributed by atoms with Crippen LogP contribution in [0.25, 0.3) is 11.0 Å². The van der Waals surface area contributed by atoms with Crippen molar-refractivity contribution in [1.29, 1.82) is 0 Å². The SMILES string of the molecule is CCOC(=O)c1c(O[Si](c2ccccc2)(c2ccccc2)C(C)(C)C)cc2c(ncn2C)c1CSc1ccccc1. The topological polar surface area (TPSA) is 53.4 Å². The zero-order valence-corrected chi connectivity index (χ0v) is 26.1. The highest BCUT2D eigenvalue weighted by atomic mass is 32.2. The molecule has 41 heavy (non-hydrogen) atoms. The van der Waals surface area contributed by atoms with Gasteiger partial charge in [-0.2, -0.15) is 0 Å². The van der Waals surface area contributed by atoms with Gasteiger partial charge in [0.25, 0.3) is 0 Å². The molecule has 0 N–H and O–H groups in total. The minimum Gasteiger partial charge on any atom is -0.533 e. The van der Waals surface area contributed by atoms with Gasteiger partial charge in [-0.15, -0.1) is 11.8 Å². The lowest BCUT2D eigenvalue weighted by molar-refractivity contribution is 0.0523. The Morgan fingerprint density at radius 1 is 0.902 bits per heavy atom. The minimum absolute atomic E-state index is 0.267. The molecule has 0 bridgehead atoms. The number of fused-ring (bicyclic) bond motifs is 1. The summed E-state index contributed by atoms with van der Waals surface area (Å²) in [5.74, 6) is 0.693. The number of thioether (sulfide) groups is 1. The van der Waals surface area contributed by atoms with E-state index in [0.717, 1.165) is 31.9 Å². The maximum atomic E-state index is 13.8. The Kier molecular flexibility index (Phi) is 8.38. The summed E-state index contributed by atoms with van der Waals surface area (Å²) in [6.07, 6.45) is 1.79. The number of hydrogen-bond donors (Lipinski definition) is 0. The average molecular weight is 581 g/mol. The van der Waals surface area contributed by atoms with Crippen LogP contribution in [0.5, 0.6) is 5.75 Å². The highest BCUT2D eigenvalue weighted by Crippen LogP contribution is 2.41. The first kappa shape index (κ1) is 28.7. The molecule has 0 unspecified atom stereocenters. The normalized spacial score (nSPS) is 11.9. The van der Waals surface area contributed by atoms with Gasteiger partial charge in [0.1, 0.15) is 11.3 Å². The number of benzene rings is 4. The van der Waals surface area contributed by atoms with Crippen LogP contribution < -0.4 is 14.8 Å². The van der Waals surface area contributed by atoms with Crippen molar-refractivity contribution in [3.8, 4) is 5.75 Å². The fourth-order valence-electron chi connectivity index (χ4n) is 5.44. The van der Waals surface area contributed by atoms with Gasteiger partial charge in [0.15, 0.2) is 0 Å². The van der Waals surface area contributed by atoms with Gasteiger partial charge in [0.05, 0.1) is 24.0 Å². The van der Waals surface area contributed by atoms with Crippen molar-refractivity contribution in [2.24, 2.45) is 7.05 Å². The monoisotopic (exact) mass is 580 g/mol. The lowest BCUT2D eigenvalue weighted by Crippen LogP contribution is -2.69. The van der Waals surface area contributed by atoms with Crippen LogP contribution in [0.3, 0.4) is 0 Å². The highest BCUT2D eigenvalue weighted by Gasteiger charge is 2.52. The van der Waals surface area contributed by atoms with Crippen LogP contribution in [0.4, 0.5) is 0 Å². The quantitative estimate of drug-likeness (QED) is 0.107. The van der Waals surface area contributed by atoms with Gasteiger partial charge in [-0.25, -0.2) is 9.78 Å². The molecule has 1 aromatic heterocycles. The number of ether oxygens (including phenoxy) is 1. The molecular weight excluding hydrogens is 545 g/mol. The molecule has 0 fully saturated rings. The average Bonchev–Trinajstić information content (AvgIpc) is 3.35. The molecule has 0 radical (unpaired) electrons. The molecule has 0 aliphatic carbocycles. The van der Waals surface area contributed by atoms with Crippen LogP contribution in [0.1, 0.15) is 43.6 Å². The summed E-state index contributed by atoms with van der Waals surface area (Å²) in [5, 5.41) is 2.00. The number of carbonyl (C=O) groups excluding carboxylic acids is 1. The summed E-state index contributed by atoms with van der Waals surface area (Å²) < 4.78 is 15.1. The summed E-state index contributed by atoms with van der Waals surface area (Å²) in [4.78, 5) is 19.7. The number of rotatable bonds is 9. The first-order chi connectivity index (χ1) is 19.8. The van der Waals surface area contributed by atoms with Gasteiger partial charge >= 0.3 is 14.3 Å². The second-order valence-electron chi connectivity index (χ2n) is 11.0. The van der Waals surface area contributed by atoms with E-state index < -0.39 is 14.3 Å². The molecule has 0 saturated carbocycles. The molecule has 0 amide bonds. The molecule has 0 atom stereocenters. The number of esters is 1. The largest absolute Gasteiger partial charge is 0.533 e. The molecule has 210 valence electrons. The second-order valence-corrected chi connectivity index (χ2v) is 16.3. The van der Waals surface area contributed by atoms with Gasteiger partial charge in [0, 0.05) is 29.3 Å². The molecule has 7 heteroatoms. The Bertz CT molecular complexity index is 1590. The first-order valence-corrected chi connectivity index (χ1v) is 16.8. The van der Waals surface area contributed by atoms with Crippen LogP contribution in [-0.4, -0.2) is 30.4 Å². The molecule has 1 heterocycles.